The number of pyridine rings is 1. The quantitative estimate of drug-likeness (QED) is 0.897. The van der Waals surface area contributed by atoms with Gasteiger partial charge in [-0.25, -0.2) is 4.98 Å². The van der Waals surface area contributed by atoms with Gasteiger partial charge in [-0.3, -0.25) is 0 Å². The van der Waals surface area contributed by atoms with Crippen molar-refractivity contribution in [3.8, 4) is 11.6 Å². The van der Waals surface area contributed by atoms with Crippen molar-refractivity contribution in [2.75, 3.05) is 19.0 Å². The summed E-state index contributed by atoms with van der Waals surface area (Å²) in [6.45, 7) is -0.0868. The second-order valence-electron chi connectivity index (χ2n) is 4.12. The van der Waals surface area contributed by atoms with Crippen LogP contribution in [0.4, 0.5) is 5.69 Å². The van der Waals surface area contributed by atoms with Crippen molar-refractivity contribution in [3.05, 3.63) is 48.2 Å². The van der Waals surface area contributed by atoms with Crippen molar-refractivity contribution in [2.24, 2.45) is 0 Å². The van der Waals surface area contributed by atoms with Gasteiger partial charge in [-0.2, -0.15) is 0 Å². The third kappa shape index (κ3) is 2.78. The van der Waals surface area contributed by atoms with Gasteiger partial charge in [0.1, 0.15) is 5.75 Å². The Hall–Kier alpha value is -2.07. The highest BCUT2D eigenvalue weighted by atomic mass is 16.5. The monoisotopic (exact) mass is 244 g/mol. The molecular formula is C14H16N2O2. The molecule has 0 aliphatic carbocycles. The molecule has 94 valence electrons. The first kappa shape index (κ1) is 12.4. The van der Waals surface area contributed by atoms with Crippen LogP contribution in [0.2, 0.25) is 0 Å². The summed E-state index contributed by atoms with van der Waals surface area (Å²) in [5.41, 5.74) is 1.72. The molecule has 0 aliphatic rings. The van der Waals surface area contributed by atoms with Crippen LogP contribution in [0.15, 0.2) is 42.6 Å². The van der Waals surface area contributed by atoms with E-state index in [1.807, 2.05) is 43.3 Å². The molecule has 2 rings (SSSR count). The highest BCUT2D eigenvalue weighted by molar-refractivity contribution is 5.50. The van der Waals surface area contributed by atoms with Crippen molar-refractivity contribution in [1.82, 2.24) is 4.98 Å². The first-order chi connectivity index (χ1) is 8.70. The Kier molecular flexibility index (Phi) is 3.79. The van der Waals surface area contributed by atoms with Crippen molar-refractivity contribution in [1.29, 1.82) is 0 Å². The first-order valence-electron chi connectivity index (χ1n) is 5.70. The minimum absolute atomic E-state index is 0.0868. The van der Waals surface area contributed by atoms with Gasteiger partial charge in [-0.05, 0) is 24.3 Å². The summed E-state index contributed by atoms with van der Waals surface area (Å²) in [5.74, 6) is 1.14. The van der Waals surface area contributed by atoms with Crippen molar-refractivity contribution >= 4 is 5.69 Å². The summed E-state index contributed by atoms with van der Waals surface area (Å²) in [7, 11) is 3.94. The third-order valence-electron chi connectivity index (χ3n) is 2.57. The van der Waals surface area contributed by atoms with Crippen LogP contribution >= 0.6 is 0 Å². The van der Waals surface area contributed by atoms with E-state index in [-0.39, 0.29) is 6.61 Å². The van der Waals surface area contributed by atoms with Gasteiger partial charge in [-0.1, -0.05) is 6.07 Å². The minimum Gasteiger partial charge on any atom is -0.439 e. The molecule has 0 fully saturated rings. The van der Waals surface area contributed by atoms with Gasteiger partial charge in [0, 0.05) is 37.6 Å². The van der Waals surface area contributed by atoms with E-state index in [0.29, 0.717) is 17.2 Å². The van der Waals surface area contributed by atoms with Gasteiger partial charge in [0.15, 0.2) is 0 Å². The molecule has 0 unspecified atom stereocenters. The molecule has 1 aromatic carbocycles. The maximum absolute atomic E-state index is 9.21. The highest BCUT2D eigenvalue weighted by Gasteiger charge is 2.05. The Morgan fingerprint density at radius 2 is 2.06 bits per heavy atom. The van der Waals surface area contributed by atoms with Crippen molar-refractivity contribution in [2.45, 2.75) is 6.61 Å². The van der Waals surface area contributed by atoms with E-state index in [9.17, 15) is 5.11 Å². The van der Waals surface area contributed by atoms with Gasteiger partial charge in [0.25, 0.3) is 0 Å². The molecule has 0 bridgehead atoms. The molecular weight excluding hydrogens is 228 g/mol. The SMILES string of the molecule is CN(C)c1cccc(Oc2ncccc2CO)c1. The lowest BCUT2D eigenvalue weighted by Gasteiger charge is -2.14. The molecule has 2 aromatic rings. The predicted octanol–water partition coefficient (Wildman–Crippen LogP) is 2.43. The van der Waals surface area contributed by atoms with Gasteiger partial charge in [0.2, 0.25) is 5.88 Å². The molecule has 1 heterocycles. The molecule has 0 radical (unpaired) electrons. The second-order valence-corrected chi connectivity index (χ2v) is 4.12. The number of aliphatic hydroxyl groups is 1. The molecule has 1 N–H and O–H groups in total. The van der Waals surface area contributed by atoms with E-state index < -0.39 is 0 Å². The molecule has 0 aliphatic heterocycles. The average Bonchev–Trinajstić information content (AvgIpc) is 2.39. The molecule has 0 spiro atoms. The van der Waals surface area contributed by atoms with Gasteiger partial charge in [0.05, 0.1) is 6.61 Å². The van der Waals surface area contributed by atoms with Crippen LogP contribution in [0.5, 0.6) is 11.6 Å². The topological polar surface area (TPSA) is 45.6 Å². The fourth-order valence-electron chi connectivity index (χ4n) is 1.57. The number of rotatable bonds is 4. The van der Waals surface area contributed by atoms with E-state index >= 15 is 0 Å². The van der Waals surface area contributed by atoms with Crippen LogP contribution in [0, 0.1) is 0 Å². The Bertz CT molecular complexity index is 527. The van der Waals surface area contributed by atoms with Crippen LogP contribution in [-0.2, 0) is 6.61 Å². The lowest BCUT2D eigenvalue weighted by molar-refractivity contribution is 0.275. The first-order valence-corrected chi connectivity index (χ1v) is 5.70. The highest BCUT2D eigenvalue weighted by Crippen LogP contribution is 2.26. The molecule has 18 heavy (non-hydrogen) atoms. The summed E-state index contributed by atoms with van der Waals surface area (Å²) >= 11 is 0. The third-order valence-corrected chi connectivity index (χ3v) is 2.57. The average molecular weight is 244 g/mol. The zero-order valence-corrected chi connectivity index (χ0v) is 10.5. The zero-order valence-electron chi connectivity index (χ0n) is 10.5. The Labute approximate surface area is 106 Å². The molecule has 0 saturated heterocycles. The number of anilines is 1. The smallest absolute Gasteiger partial charge is 0.224 e. The van der Waals surface area contributed by atoms with Gasteiger partial charge in [-0.15, -0.1) is 0 Å². The number of nitrogens with zero attached hydrogens (tertiary/aromatic N) is 2. The van der Waals surface area contributed by atoms with Crippen LogP contribution < -0.4 is 9.64 Å². The van der Waals surface area contributed by atoms with Crippen LogP contribution in [-0.4, -0.2) is 24.2 Å². The summed E-state index contributed by atoms with van der Waals surface area (Å²) in [6.07, 6.45) is 1.64. The molecule has 4 nitrogen and oxygen atoms in total. The molecule has 0 saturated carbocycles. The van der Waals surface area contributed by atoms with Gasteiger partial charge >= 0.3 is 0 Å². The van der Waals surface area contributed by atoms with Gasteiger partial charge < -0.3 is 14.7 Å². The van der Waals surface area contributed by atoms with E-state index in [1.165, 1.54) is 0 Å². The second kappa shape index (κ2) is 5.51. The maximum atomic E-state index is 9.21. The Balaban J connectivity index is 2.25. The number of hydrogen-bond donors (Lipinski definition) is 1. The fourth-order valence-corrected chi connectivity index (χ4v) is 1.57. The summed E-state index contributed by atoms with van der Waals surface area (Å²) in [4.78, 5) is 6.12. The lowest BCUT2D eigenvalue weighted by Crippen LogP contribution is -2.08. The molecule has 0 atom stereocenters. The maximum Gasteiger partial charge on any atom is 0.224 e. The van der Waals surface area contributed by atoms with Crippen molar-refractivity contribution in [3.63, 3.8) is 0 Å². The van der Waals surface area contributed by atoms with Crippen LogP contribution in [0.1, 0.15) is 5.56 Å². The number of hydrogen-bond acceptors (Lipinski definition) is 4. The largest absolute Gasteiger partial charge is 0.439 e. The fraction of sp³-hybridized carbons (Fsp3) is 0.214. The molecule has 1 aromatic heterocycles. The minimum atomic E-state index is -0.0868. The van der Waals surface area contributed by atoms with Crippen LogP contribution in [0.25, 0.3) is 0 Å². The number of ether oxygens (including phenoxy) is 1. The normalized spacial score (nSPS) is 10.2. The van der Waals surface area contributed by atoms with Crippen LogP contribution in [0.3, 0.4) is 0 Å². The summed E-state index contributed by atoms with van der Waals surface area (Å²) in [6, 6.07) is 11.3. The van der Waals surface area contributed by atoms with E-state index in [0.717, 1.165) is 5.69 Å². The number of aromatic nitrogens is 1. The molecule has 4 heteroatoms. The Morgan fingerprint density at radius 3 is 2.78 bits per heavy atom. The summed E-state index contributed by atoms with van der Waals surface area (Å²) < 4.78 is 5.69. The summed E-state index contributed by atoms with van der Waals surface area (Å²) in [5, 5.41) is 9.21. The predicted molar refractivity (Wildman–Crippen MR) is 71.0 cm³/mol. The number of benzene rings is 1. The van der Waals surface area contributed by atoms with Crippen molar-refractivity contribution < 1.29 is 9.84 Å². The van der Waals surface area contributed by atoms with E-state index in [1.54, 1.807) is 18.3 Å². The Morgan fingerprint density at radius 1 is 1.22 bits per heavy atom. The lowest BCUT2D eigenvalue weighted by atomic mass is 10.2. The van der Waals surface area contributed by atoms with E-state index in [2.05, 4.69) is 4.98 Å². The number of aliphatic hydroxyl groups excluding tert-OH is 1. The van der Waals surface area contributed by atoms with E-state index in [4.69, 9.17) is 4.74 Å². The standard InChI is InChI=1S/C14H16N2O2/c1-16(2)12-6-3-7-13(9-12)18-14-11(10-17)5-4-8-15-14/h3-9,17H,10H2,1-2H3. The molecule has 0 amide bonds. The zero-order chi connectivity index (χ0) is 13.0.